The van der Waals surface area contributed by atoms with E-state index < -0.39 is 0 Å². The smallest absolute Gasteiger partial charge is 0.146 e. The third kappa shape index (κ3) is 4.46. The fourth-order valence-electron chi connectivity index (χ4n) is 6.58. The molecule has 216 valence electrons. The molecule has 0 spiro atoms. The minimum atomic E-state index is 0.863. The highest BCUT2D eigenvalue weighted by Gasteiger charge is 2.18. The summed E-state index contributed by atoms with van der Waals surface area (Å²) >= 11 is 1.83. The van der Waals surface area contributed by atoms with Gasteiger partial charge in [-0.1, -0.05) is 121 Å². The number of fused-ring (bicyclic) bond motifs is 9. The van der Waals surface area contributed by atoms with Gasteiger partial charge < -0.3 is 0 Å². The van der Waals surface area contributed by atoms with Gasteiger partial charge in [0.15, 0.2) is 0 Å². The zero-order chi connectivity index (χ0) is 30.5. The zero-order valence-corrected chi connectivity index (χ0v) is 25.7. The average molecular weight is 606 g/mol. The average Bonchev–Trinajstić information content (AvgIpc) is 3.44. The summed E-state index contributed by atoms with van der Waals surface area (Å²) in [6.45, 7) is 0. The number of hydrogen-bond donors (Lipinski definition) is 0. The Balaban J connectivity index is 1.24. The van der Waals surface area contributed by atoms with Gasteiger partial charge in [-0.15, -0.1) is 0 Å². The number of nitrogens with zero attached hydrogens (tertiary/aromatic N) is 3. The first-order valence-electron chi connectivity index (χ1n) is 15.4. The van der Waals surface area contributed by atoms with Crippen LogP contribution < -0.4 is 0 Å². The second kappa shape index (κ2) is 11.0. The molecule has 3 nitrogen and oxygen atoms in total. The molecule has 0 bridgehead atoms. The number of aromatic nitrogens is 3. The van der Waals surface area contributed by atoms with Gasteiger partial charge in [0.05, 0.1) is 5.52 Å². The molecule has 0 radical (unpaired) electrons. The van der Waals surface area contributed by atoms with E-state index >= 15 is 0 Å². The van der Waals surface area contributed by atoms with Crippen LogP contribution >= 0.6 is 11.8 Å². The van der Waals surface area contributed by atoms with Gasteiger partial charge in [0, 0.05) is 38.5 Å². The van der Waals surface area contributed by atoms with E-state index in [4.69, 9.17) is 4.98 Å². The molecule has 4 heteroatoms. The van der Waals surface area contributed by atoms with Crippen molar-refractivity contribution in [2.24, 2.45) is 0 Å². The Morgan fingerprint density at radius 3 is 1.96 bits per heavy atom. The van der Waals surface area contributed by atoms with Crippen molar-refractivity contribution in [3.63, 3.8) is 0 Å². The summed E-state index contributed by atoms with van der Waals surface area (Å²) in [4.78, 5) is 12.2. The van der Waals surface area contributed by atoms with Crippen LogP contribution in [0.1, 0.15) is 11.1 Å². The number of hydrogen-bond acceptors (Lipinski definition) is 3. The highest BCUT2D eigenvalue weighted by atomic mass is 32.2. The van der Waals surface area contributed by atoms with Crippen molar-refractivity contribution >= 4 is 45.9 Å². The van der Waals surface area contributed by atoms with Gasteiger partial charge in [0.2, 0.25) is 0 Å². The number of para-hydroxylation sites is 1. The van der Waals surface area contributed by atoms with E-state index in [2.05, 4.69) is 143 Å². The molecule has 0 atom stereocenters. The predicted molar refractivity (Wildman–Crippen MR) is 192 cm³/mol. The maximum absolute atomic E-state index is 5.06. The molecule has 0 unspecified atom stereocenters. The van der Waals surface area contributed by atoms with E-state index in [9.17, 15) is 0 Å². The summed E-state index contributed by atoms with van der Waals surface area (Å²) in [7, 11) is 0. The van der Waals surface area contributed by atoms with Crippen LogP contribution in [-0.2, 0) is 0 Å². The molecule has 0 aliphatic carbocycles. The summed E-state index contributed by atoms with van der Waals surface area (Å²) in [6, 6.07) is 49.7. The van der Waals surface area contributed by atoms with Crippen molar-refractivity contribution in [3.8, 4) is 39.2 Å². The Bertz CT molecular complexity index is 2460. The Kier molecular flexibility index (Phi) is 6.39. The molecular weight excluding hydrogens is 579 g/mol. The van der Waals surface area contributed by atoms with Gasteiger partial charge in [0.1, 0.15) is 11.5 Å². The molecule has 0 N–H and O–H groups in total. The molecule has 0 saturated carbocycles. The molecule has 1 aliphatic heterocycles. The third-order valence-corrected chi connectivity index (χ3v) is 9.91. The molecule has 5 aromatic carbocycles. The number of rotatable bonds is 2. The zero-order valence-electron chi connectivity index (χ0n) is 24.8. The van der Waals surface area contributed by atoms with Gasteiger partial charge >= 0.3 is 0 Å². The van der Waals surface area contributed by atoms with Gasteiger partial charge in [-0.05, 0) is 81.4 Å². The van der Waals surface area contributed by atoms with E-state index in [1.807, 2.05) is 42.4 Å². The molecular formula is C42H27N3S. The predicted octanol–water partition coefficient (Wildman–Crippen LogP) is 11.2. The Labute approximate surface area is 271 Å². The van der Waals surface area contributed by atoms with Crippen LogP contribution in [0.15, 0.2) is 162 Å². The van der Waals surface area contributed by atoms with Crippen LogP contribution in [0.3, 0.4) is 0 Å². The standard InChI is InChI=1S/C42H27N3S/c1-2-12-32-28(11-1)20-21-29-22-23-30(25-36(29)35-15-5-8-18-40(35)46-39-17-7-4-14-34(32)39)31-26-37-33-13-3-6-16-38(33)45(42(37)44-27-31)41-19-9-10-24-43-41/h1-27H/b21-20-. The van der Waals surface area contributed by atoms with Crippen LogP contribution in [0.2, 0.25) is 0 Å². The largest absolute Gasteiger partial charge is 0.278 e. The van der Waals surface area contributed by atoms with Crippen molar-refractivity contribution in [1.82, 2.24) is 14.5 Å². The number of benzene rings is 5. The molecule has 46 heavy (non-hydrogen) atoms. The van der Waals surface area contributed by atoms with Gasteiger partial charge in [-0.2, -0.15) is 0 Å². The maximum Gasteiger partial charge on any atom is 0.146 e. The van der Waals surface area contributed by atoms with E-state index in [-0.39, 0.29) is 0 Å². The van der Waals surface area contributed by atoms with Crippen molar-refractivity contribution in [1.29, 1.82) is 0 Å². The highest BCUT2D eigenvalue weighted by molar-refractivity contribution is 7.99. The Morgan fingerprint density at radius 2 is 1.15 bits per heavy atom. The first kappa shape index (κ1) is 26.7. The minimum absolute atomic E-state index is 0.863. The first-order chi connectivity index (χ1) is 22.8. The molecule has 8 aromatic rings. The highest BCUT2D eigenvalue weighted by Crippen LogP contribution is 2.44. The molecule has 4 heterocycles. The summed E-state index contributed by atoms with van der Waals surface area (Å²) < 4.78 is 2.15. The Morgan fingerprint density at radius 1 is 0.478 bits per heavy atom. The van der Waals surface area contributed by atoms with Crippen LogP contribution in [0, 0.1) is 0 Å². The van der Waals surface area contributed by atoms with E-state index in [0.29, 0.717) is 0 Å². The monoisotopic (exact) mass is 605 g/mol. The van der Waals surface area contributed by atoms with Crippen molar-refractivity contribution in [3.05, 3.63) is 163 Å². The van der Waals surface area contributed by atoms with Crippen LogP contribution in [0.25, 0.3) is 73.3 Å². The van der Waals surface area contributed by atoms with E-state index in [1.165, 1.54) is 43.2 Å². The van der Waals surface area contributed by atoms with E-state index in [0.717, 1.165) is 38.9 Å². The van der Waals surface area contributed by atoms with E-state index in [1.54, 1.807) is 0 Å². The summed E-state index contributed by atoms with van der Waals surface area (Å²) in [6.07, 6.45) is 8.34. The SMILES string of the molecule is C1=C\c2ccc(-c3cnc4c(c3)c3ccccc3n4-c3ccccn3)cc2-c2ccccc2Sc2ccccc2-c2ccccc2/1. The van der Waals surface area contributed by atoms with Crippen molar-refractivity contribution < 1.29 is 0 Å². The summed E-state index contributed by atoms with van der Waals surface area (Å²) in [5.41, 5.74) is 11.5. The normalized spacial score (nSPS) is 12.9. The van der Waals surface area contributed by atoms with Gasteiger partial charge in [-0.3, -0.25) is 4.57 Å². The molecule has 3 aromatic heterocycles. The van der Waals surface area contributed by atoms with Crippen LogP contribution in [-0.4, -0.2) is 14.5 Å². The quantitative estimate of drug-likeness (QED) is 0.196. The lowest BCUT2D eigenvalue weighted by Gasteiger charge is -2.15. The maximum atomic E-state index is 5.06. The van der Waals surface area contributed by atoms with Crippen LogP contribution in [0.5, 0.6) is 0 Å². The lowest BCUT2D eigenvalue weighted by molar-refractivity contribution is 1.06. The second-order valence-corrected chi connectivity index (χ2v) is 12.5. The molecule has 0 saturated heterocycles. The Hall–Kier alpha value is -5.71. The lowest BCUT2D eigenvalue weighted by Crippen LogP contribution is -1.97. The minimum Gasteiger partial charge on any atom is -0.278 e. The van der Waals surface area contributed by atoms with Crippen LogP contribution in [0.4, 0.5) is 0 Å². The first-order valence-corrected chi connectivity index (χ1v) is 16.2. The molecule has 0 amide bonds. The topological polar surface area (TPSA) is 30.7 Å². The fourth-order valence-corrected chi connectivity index (χ4v) is 7.68. The summed E-state index contributed by atoms with van der Waals surface area (Å²) in [5, 5.41) is 2.27. The molecule has 0 fully saturated rings. The van der Waals surface area contributed by atoms with Gasteiger partial charge in [0.25, 0.3) is 0 Å². The van der Waals surface area contributed by atoms with Gasteiger partial charge in [-0.25, -0.2) is 9.97 Å². The number of pyridine rings is 2. The lowest BCUT2D eigenvalue weighted by atomic mass is 9.93. The van der Waals surface area contributed by atoms with Crippen molar-refractivity contribution in [2.45, 2.75) is 9.79 Å². The third-order valence-electron chi connectivity index (χ3n) is 8.76. The van der Waals surface area contributed by atoms with Crippen molar-refractivity contribution in [2.75, 3.05) is 0 Å². The molecule has 9 rings (SSSR count). The fraction of sp³-hybridized carbons (Fsp3) is 0. The summed E-state index contributed by atoms with van der Waals surface area (Å²) in [5.74, 6) is 0.863. The second-order valence-electron chi connectivity index (χ2n) is 11.5. The molecule has 1 aliphatic rings.